The van der Waals surface area contributed by atoms with Gasteiger partial charge < -0.3 is 11.1 Å². The second kappa shape index (κ2) is 9.87. The Hall–Kier alpha value is -1.15. The highest BCUT2D eigenvalue weighted by Gasteiger charge is 2.29. The van der Waals surface area contributed by atoms with Gasteiger partial charge in [0.1, 0.15) is 0 Å². The molecule has 1 aromatic rings. The molecule has 1 aliphatic heterocycles. The summed E-state index contributed by atoms with van der Waals surface area (Å²) >= 11 is 0. The molecule has 1 aromatic carbocycles. The zero-order valence-corrected chi connectivity index (χ0v) is 17.2. The van der Waals surface area contributed by atoms with Crippen LogP contribution < -0.4 is 11.1 Å². The molecule has 8 heteroatoms. The minimum absolute atomic E-state index is 0. The maximum Gasteiger partial charge on any atom is 0.243 e. The second-order valence-corrected chi connectivity index (χ2v) is 9.31. The minimum Gasteiger partial charge on any atom is -0.352 e. The van der Waals surface area contributed by atoms with Gasteiger partial charge >= 0.3 is 0 Å². The summed E-state index contributed by atoms with van der Waals surface area (Å²) in [4.78, 5) is 12.6. The number of carbonyl (C=O) groups excluding carboxylic acids is 1. The van der Waals surface area contributed by atoms with Crippen LogP contribution in [0.2, 0.25) is 0 Å². The Labute approximate surface area is 168 Å². The van der Waals surface area contributed by atoms with Crippen molar-refractivity contribution in [3.8, 4) is 0 Å². The van der Waals surface area contributed by atoms with E-state index >= 15 is 0 Å². The number of carbonyl (C=O) groups is 1. The number of rotatable bonds is 6. The van der Waals surface area contributed by atoms with Crippen molar-refractivity contribution in [2.45, 2.75) is 62.4 Å². The second-order valence-electron chi connectivity index (χ2n) is 7.41. The molecular weight excluding hydrogens is 386 g/mol. The predicted molar refractivity (Wildman–Crippen MR) is 108 cm³/mol. The number of nitrogens with one attached hydrogen (secondary N) is 1. The molecule has 1 amide bonds. The lowest BCUT2D eigenvalue weighted by atomic mass is 10.00. The molecule has 0 spiro atoms. The van der Waals surface area contributed by atoms with E-state index in [2.05, 4.69) is 5.32 Å². The molecule has 0 aromatic heterocycles. The number of hydrogen-bond acceptors (Lipinski definition) is 4. The smallest absolute Gasteiger partial charge is 0.243 e. The van der Waals surface area contributed by atoms with E-state index in [1.165, 1.54) is 0 Å². The standard InChI is InChI=1S/C19H29N3O3S.ClH/c20-17-9-6-8-15(17)13-19(23)21-14-16-7-2-3-10-18(16)26(24,25)22-11-4-1-5-12-22;/h2-3,7,10,15,17H,1,4-6,8-9,11-14,20H2,(H,21,23);1H/t15-,17+;/m0./s1. The third kappa shape index (κ3) is 5.44. The van der Waals surface area contributed by atoms with Crippen LogP contribution in [0, 0.1) is 5.92 Å². The van der Waals surface area contributed by atoms with Crippen LogP contribution >= 0.6 is 12.4 Å². The number of sulfonamides is 1. The molecule has 3 rings (SSSR count). The summed E-state index contributed by atoms with van der Waals surface area (Å²) in [6, 6.07) is 7.06. The number of amides is 1. The fourth-order valence-electron chi connectivity index (χ4n) is 3.97. The van der Waals surface area contributed by atoms with Crippen LogP contribution in [0.3, 0.4) is 0 Å². The first-order valence-electron chi connectivity index (χ1n) is 9.59. The van der Waals surface area contributed by atoms with Gasteiger partial charge in [0, 0.05) is 32.1 Å². The van der Waals surface area contributed by atoms with Gasteiger partial charge in [-0.3, -0.25) is 4.79 Å². The lowest BCUT2D eigenvalue weighted by molar-refractivity contribution is -0.122. The van der Waals surface area contributed by atoms with E-state index in [0.717, 1.165) is 38.5 Å². The van der Waals surface area contributed by atoms with Crippen LogP contribution in [0.15, 0.2) is 29.2 Å². The van der Waals surface area contributed by atoms with Crippen molar-refractivity contribution in [2.24, 2.45) is 11.7 Å². The van der Waals surface area contributed by atoms with Crippen LogP contribution in [0.25, 0.3) is 0 Å². The summed E-state index contributed by atoms with van der Waals surface area (Å²) in [6.45, 7) is 1.37. The van der Waals surface area contributed by atoms with Crippen LogP contribution in [-0.2, 0) is 21.4 Å². The van der Waals surface area contributed by atoms with Crippen LogP contribution in [0.5, 0.6) is 0 Å². The van der Waals surface area contributed by atoms with Gasteiger partial charge in [0.15, 0.2) is 0 Å². The summed E-state index contributed by atoms with van der Waals surface area (Å²) in [5.41, 5.74) is 6.67. The Morgan fingerprint density at radius 1 is 1.11 bits per heavy atom. The number of nitrogens with zero attached hydrogens (tertiary/aromatic N) is 1. The molecule has 1 saturated carbocycles. The normalized spacial score (nSPS) is 23.6. The molecule has 2 atom stereocenters. The molecular formula is C19H30ClN3O3S. The average Bonchev–Trinajstić information content (AvgIpc) is 3.05. The van der Waals surface area contributed by atoms with Gasteiger partial charge in [0.2, 0.25) is 15.9 Å². The Bertz CT molecular complexity index is 735. The third-order valence-electron chi connectivity index (χ3n) is 5.55. The van der Waals surface area contributed by atoms with Crippen molar-refractivity contribution in [3.63, 3.8) is 0 Å². The van der Waals surface area contributed by atoms with Gasteiger partial charge in [0.25, 0.3) is 0 Å². The zero-order valence-electron chi connectivity index (χ0n) is 15.6. The summed E-state index contributed by atoms with van der Waals surface area (Å²) in [6.07, 6.45) is 6.36. The van der Waals surface area contributed by atoms with E-state index in [0.29, 0.717) is 30.0 Å². The van der Waals surface area contributed by atoms with Gasteiger partial charge in [-0.05, 0) is 43.2 Å². The summed E-state index contributed by atoms with van der Waals surface area (Å²) in [5, 5.41) is 2.88. The monoisotopic (exact) mass is 415 g/mol. The van der Waals surface area contributed by atoms with Crippen molar-refractivity contribution in [1.29, 1.82) is 0 Å². The summed E-state index contributed by atoms with van der Waals surface area (Å²) in [7, 11) is -3.51. The van der Waals surface area contributed by atoms with E-state index in [-0.39, 0.29) is 36.8 Å². The molecule has 0 unspecified atom stereocenters. The summed E-state index contributed by atoms with van der Waals surface area (Å²) in [5.74, 6) is 0.180. The molecule has 3 N–H and O–H groups in total. The average molecular weight is 416 g/mol. The molecule has 6 nitrogen and oxygen atoms in total. The van der Waals surface area contributed by atoms with Crippen LogP contribution in [0.4, 0.5) is 0 Å². The molecule has 27 heavy (non-hydrogen) atoms. The van der Waals surface area contributed by atoms with Gasteiger partial charge in [-0.25, -0.2) is 8.42 Å². The SMILES string of the molecule is Cl.N[C@@H]1CCC[C@H]1CC(=O)NCc1ccccc1S(=O)(=O)N1CCCCC1. The number of piperidine rings is 1. The fourth-order valence-corrected chi connectivity index (χ4v) is 5.71. The van der Waals surface area contributed by atoms with E-state index < -0.39 is 10.0 Å². The molecule has 2 fully saturated rings. The quantitative estimate of drug-likeness (QED) is 0.746. The lowest BCUT2D eigenvalue weighted by Crippen LogP contribution is -2.36. The van der Waals surface area contributed by atoms with Crippen LogP contribution in [0.1, 0.15) is 50.5 Å². The number of halogens is 1. The maximum atomic E-state index is 13.0. The Balaban J connectivity index is 0.00000261. The lowest BCUT2D eigenvalue weighted by Gasteiger charge is -2.27. The third-order valence-corrected chi connectivity index (χ3v) is 7.55. The van der Waals surface area contributed by atoms with Crippen molar-refractivity contribution in [3.05, 3.63) is 29.8 Å². The number of nitrogens with two attached hydrogens (primary N) is 1. The molecule has 0 radical (unpaired) electrons. The Morgan fingerprint density at radius 2 is 1.81 bits per heavy atom. The highest BCUT2D eigenvalue weighted by Crippen LogP contribution is 2.27. The van der Waals surface area contributed by atoms with Gasteiger partial charge in [-0.15, -0.1) is 12.4 Å². The van der Waals surface area contributed by atoms with Crippen molar-refractivity contribution < 1.29 is 13.2 Å². The predicted octanol–water partition coefficient (Wildman–Crippen LogP) is 2.42. The first-order valence-corrected chi connectivity index (χ1v) is 11.0. The molecule has 1 heterocycles. The van der Waals surface area contributed by atoms with Gasteiger partial charge in [0.05, 0.1) is 4.90 Å². The molecule has 152 valence electrons. The molecule has 2 aliphatic rings. The van der Waals surface area contributed by atoms with Gasteiger partial charge in [-0.1, -0.05) is 31.0 Å². The van der Waals surface area contributed by atoms with Gasteiger partial charge in [-0.2, -0.15) is 4.31 Å². The number of hydrogen-bond donors (Lipinski definition) is 2. The van der Waals surface area contributed by atoms with E-state index in [1.54, 1.807) is 22.5 Å². The zero-order chi connectivity index (χ0) is 18.6. The highest BCUT2D eigenvalue weighted by atomic mass is 35.5. The molecule has 1 aliphatic carbocycles. The fraction of sp³-hybridized carbons (Fsp3) is 0.632. The first-order chi connectivity index (χ1) is 12.5. The Kier molecular flexibility index (Phi) is 8.09. The minimum atomic E-state index is -3.51. The van der Waals surface area contributed by atoms with Crippen molar-refractivity contribution in [1.82, 2.24) is 9.62 Å². The summed E-state index contributed by atoms with van der Waals surface area (Å²) < 4.78 is 27.5. The largest absolute Gasteiger partial charge is 0.352 e. The first kappa shape index (κ1) is 22.1. The van der Waals surface area contributed by atoms with Crippen molar-refractivity contribution >= 4 is 28.3 Å². The maximum absolute atomic E-state index is 13.0. The number of benzene rings is 1. The molecule has 1 saturated heterocycles. The van der Waals surface area contributed by atoms with E-state index in [4.69, 9.17) is 5.73 Å². The van der Waals surface area contributed by atoms with E-state index in [9.17, 15) is 13.2 Å². The van der Waals surface area contributed by atoms with Crippen LogP contribution in [-0.4, -0.2) is 37.8 Å². The van der Waals surface area contributed by atoms with Crippen molar-refractivity contribution in [2.75, 3.05) is 13.1 Å². The highest BCUT2D eigenvalue weighted by molar-refractivity contribution is 7.89. The van der Waals surface area contributed by atoms with E-state index in [1.807, 2.05) is 6.07 Å². The molecule has 0 bridgehead atoms. The topological polar surface area (TPSA) is 92.5 Å². The Morgan fingerprint density at radius 3 is 2.48 bits per heavy atom.